The minimum Gasteiger partial charge on any atom is -0.294 e. The largest absolute Gasteiger partial charge is 0.294 e. The molecule has 16 heavy (non-hydrogen) atoms. The van der Waals surface area contributed by atoms with Crippen LogP contribution in [-0.2, 0) is 18.3 Å². The number of anilines is 1. The van der Waals surface area contributed by atoms with Crippen molar-refractivity contribution in [1.29, 1.82) is 0 Å². The molecule has 0 fully saturated rings. The maximum absolute atomic E-state index is 11.7. The van der Waals surface area contributed by atoms with Gasteiger partial charge in [-0.15, -0.1) is 11.3 Å². The van der Waals surface area contributed by atoms with Gasteiger partial charge in [-0.3, -0.25) is 10.1 Å². The smallest absolute Gasteiger partial charge is 0.231 e. The zero-order chi connectivity index (χ0) is 11.5. The molecule has 2 heterocycles. The van der Waals surface area contributed by atoms with Crippen molar-refractivity contribution in [3.05, 3.63) is 28.2 Å². The third-order valence-electron chi connectivity index (χ3n) is 2.04. The van der Waals surface area contributed by atoms with Gasteiger partial charge in [-0.25, -0.2) is 4.68 Å². The Labute approximate surface area is 97.1 Å². The summed E-state index contributed by atoms with van der Waals surface area (Å²) in [6.45, 7) is 1.79. The molecule has 0 radical (unpaired) electrons. The summed E-state index contributed by atoms with van der Waals surface area (Å²) in [5.41, 5.74) is 0. The van der Waals surface area contributed by atoms with Crippen molar-refractivity contribution in [3.63, 3.8) is 0 Å². The maximum Gasteiger partial charge on any atom is 0.231 e. The first-order chi connectivity index (χ1) is 7.65. The van der Waals surface area contributed by atoms with Gasteiger partial charge < -0.3 is 0 Å². The Morgan fingerprint density at radius 1 is 1.62 bits per heavy atom. The predicted octanol–water partition coefficient (Wildman–Crippen LogP) is 1.37. The number of rotatable bonds is 3. The lowest BCUT2D eigenvalue weighted by Crippen LogP contribution is -2.16. The quantitative estimate of drug-likeness (QED) is 0.875. The minimum atomic E-state index is -0.0713. The molecule has 0 unspecified atom stereocenters. The lowest BCUT2D eigenvalue weighted by atomic mass is 10.3. The van der Waals surface area contributed by atoms with Crippen LogP contribution in [0.5, 0.6) is 0 Å². The third-order valence-corrected chi connectivity index (χ3v) is 2.91. The van der Waals surface area contributed by atoms with E-state index in [1.807, 2.05) is 17.5 Å². The van der Waals surface area contributed by atoms with E-state index in [9.17, 15) is 4.79 Å². The second-order valence-electron chi connectivity index (χ2n) is 3.41. The fraction of sp³-hybridized carbons (Fsp3) is 0.300. The molecule has 1 amide bonds. The van der Waals surface area contributed by atoms with Crippen molar-refractivity contribution in [1.82, 2.24) is 14.8 Å². The summed E-state index contributed by atoms with van der Waals surface area (Å²) in [6, 6.07) is 3.87. The van der Waals surface area contributed by atoms with Gasteiger partial charge in [-0.1, -0.05) is 6.07 Å². The van der Waals surface area contributed by atoms with Crippen molar-refractivity contribution in [2.45, 2.75) is 13.3 Å². The van der Waals surface area contributed by atoms with Gasteiger partial charge in [0.1, 0.15) is 5.82 Å². The zero-order valence-electron chi connectivity index (χ0n) is 9.10. The highest BCUT2D eigenvalue weighted by Crippen LogP contribution is 2.10. The number of thiophene rings is 1. The lowest BCUT2D eigenvalue weighted by molar-refractivity contribution is -0.115. The van der Waals surface area contributed by atoms with Crippen LogP contribution < -0.4 is 5.32 Å². The highest BCUT2D eigenvalue weighted by atomic mass is 32.1. The molecule has 0 atom stereocenters. The average molecular weight is 236 g/mol. The van der Waals surface area contributed by atoms with E-state index < -0.39 is 0 Å². The van der Waals surface area contributed by atoms with Crippen LogP contribution in [0.2, 0.25) is 0 Å². The summed E-state index contributed by atoms with van der Waals surface area (Å²) in [6.07, 6.45) is 0.379. The molecule has 0 aromatic carbocycles. The van der Waals surface area contributed by atoms with E-state index in [0.29, 0.717) is 18.2 Å². The molecule has 2 aromatic heterocycles. The number of carbonyl (C=O) groups is 1. The van der Waals surface area contributed by atoms with E-state index in [1.54, 1.807) is 30.0 Å². The number of amides is 1. The summed E-state index contributed by atoms with van der Waals surface area (Å²) in [5, 5.41) is 8.73. The van der Waals surface area contributed by atoms with Crippen LogP contribution in [0.25, 0.3) is 0 Å². The van der Waals surface area contributed by atoms with Crippen molar-refractivity contribution in [2.75, 3.05) is 5.32 Å². The fourth-order valence-corrected chi connectivity index (χ4v) is 2.07. The Kier molecular flexibility index (Phi) is 3.00. The number of hydrogen-bond donors (Lipinski definition) is 1. The second-order valence-corrected chi connectivity index (χ2v) is 4.44. The Bertz CT molecular complexity index is 489. The standard InChI is InChI=1S/C10H12N4OS/c1-7-11-10(14(2)13-7)12-9(15)6-8-4-3-5-16-8/h3-5H,6H2,1-2H3,(H,11,12,13,15). The van der Waals surface area contributed by atoms with Crippen LogP contribution in [0.4, 0.5) is 5.95 Å². The van der Waals surface area contributed by atoms with Crippen LogP contribution in [0.1, 0.15) is 10.7 Å². The fourth-order valence-electron chi connectivity index (χ4n) is 1.36. The highest BCUT2D eigenvalue weighted by Gasteiger charge is 2.09. The Morgan fingerprint density at radius 3 is 3.00 bits per heavy atom. The van der Waals surface area contributed by atoms with Crippen molar-refractivity contribution < 1.29 is 4.79 Å². The van der Waals surface area contributed by atoms with Crippen molar-refractivity contribution in [3.8, 4) is 0 Å². The van der Waals surface area contributed by atoms with Crippen molar-refractivity contribution in [2.24, 2.45) is 7.05 Å². The maximum atomic E-state index is 11.7. The number of nitrogens with one attached hydrogen (secondary N) is 1. The first-order valence-corrected chi connectivity index (χ1v) is 5.73. The molecule has 0 aliphatic carbocycles. The van der Waals surface area contributed by atoms with E-state index in [0.717, 1.165) is 4.88 Å². The number of hydrogen-bond acceptors (Lipinski definition) is 4. The summed E-state index contributed by atoms with van der Waals surface area (Å²) < 4.78 is 1.56. The van der Waals surface area contributed by atoms with Gasteiger partial charge in [0.25, 0.3) is 0 Å². The Hall–Kier alpha value is -1.69. The van der Waals surface area contributed by atoms with Crippen LogP contribution in [0, 0.1) is 6.92 Å². The molecule has 2 rings (SSSR count). The van der Waals surface area contributed by atoms with Crippen LogP contribution in [0.15, 0.2) is 17.5 Å². The molecule has 0 bridgehead atoms. The zero-order valence-corrected chi connectivity index (χ0v) is 9.91. The normalized spacial score (nSPS) is 10.4. The Balaban J connectivity index is 2.00. The average Bonchev–Trinajstić information content (AvgIpc) is 2.78. The summed E-state index contributed by atoms with van der Waals surface area (Å²) in [7, 11) is 1.75. The molecule has 5 nitrogen and oxygen atoms in total. The van der Waals surface area contributed by atoms with Gasteiger partial charge in [-0.05, 0) is 18.4 Å². The van der Waals surface area contributed by atoms with E-state index in [2.05, 4.69) is 15.4 Å². The van der Waals surface area contributed by atoms with E-state index in [1.165, 1.54) is 0 Å². The lowest BCUT2D eigenvalue weighted by Gasteiger charge is -2.01. The molecule has 0 saturated carbocycles. The third kappa shape index (κ3) is 2.46. The minimum absolute atomic E-state index is 0.0713. The van der Waals surface area contributed by atoms with Crippen molar-refractivity contribution >= 4 is 23.2 Å². The number of aromatic nitrogens is 3. The highest BCUT2D eigenvalue weighted by molar-refractivity contribution is 7.10. The molecule has 6 heteroatoms. The van der Waals surface area contributed by atoms with Gasteiger partial charge >= 0.3 is 0 Å². The molecular weight excluding hydrogens is 224 g/mol. The van der Waals surface area contributed by atoms with Gasteiger partial charge in [0.05, 0.1) is 6.42 Å². The predicted molar refractivity (Wildman–Crippen MR) is 62.4 cm³/mol. The van der Waals surface area contributed by atoms with Crippen LogP contribution in [-0.4, -0.2) is 20.7 Å². The molecule has 84 valence electrons. The SMILES string of the molecule is Cc1nc(NC(=O)Cc2cccs2)n(C)n1. The molecule has 0 aliphatic rings. The molecular formula is C10H12N4OS. The molecule has 0 aliphatic heterocycles. The molecule has 1 N–H and O–H groups in total. The molecule has 0 spiro atoms. The summed E-state index contributed by atoms with van der Waals surface area (Å²) in [4.78, 5) is 16.8. The molecule has 2 aromatic rings. The van der Waals surface area contributed by atoms with Gasteiger partial charge in [-0.2, -0.15) is 10.1 Å². The van der Waals surface area contributed by atoms with E-state index >= 15 is 0 Å². The van der Waals surface area contributed by atoms with E-state index in [-0.39, 0.29) is 5.91 Å². The monoisotopic (exact) mass is 236 g/mol. The van der Waals surface area contributed by atoms with Gasteiger partial charge in [0, 0.05) is 11.9 Å². The van der Waals surface area contributed by atoms with Crippen LogP contribution in [0.3, 0.4) is 0 Å². The number of carbonyl (C=O) groups excluding carboxylic acids is 1. The Morgan fingerprint density at radius 2 is 2.44 bits per heavy atom. The topological polar surface area (TPSA) is 59.8 Å². The van der Waals surface area contributed by atoms with Crippen LogP contribution >= 0.6 is 11.3 Å². The van der Waals surface area contributed by atoms with Gasteiger partial charge in [0.2, 0.25) is 11.9 Å². The van der Waals surface area contributed by atoms with E-state index in [4.69, 9.17) is 0 Å². The first-order valence-electron chi connectivity index (χ1n) is 4.85. The summed E-state index contributed by atoms with van der Waals surface area (Å²) >= 11 is 1.57. The number of aryl methyl sites for hydroxylation is 2. The number of nitrogens with zero attached hydrogens (tertiary/aromatic N) is 3. The first kappa shape index (κ1) is 10.8. The summed E-state index contributed by atoms with van der Waals surface area (Å²) in [5.74, 6) is 1.06. The second kappa shape index (κ2) is 4.44. The van der Waals surface area contributed by atoms with Gasteiger partial charge in [0.15, 0.2) is 0 Å². The molecule has 0 saturated heterocycles.